The third-order valence-electron chi connectivity index (χ3n) is 20.3. The maximum absolute atomic E-state index is 15.3. The molecule has 2 aromatic carbocycles. The van der Waals surface area contributed by atoms with E-state index in [4.69, 9.17) is 45.9 Å². The number of nitrogens with zero attached hydrogens (tertiary/aromatic N) is 3. The van der Waals surface area contributed by atoms with Gasteiger partial charge in [0.25, 0.3) is 0 Å². The molecule has 4 rings (SSSR count). The van der Waals surface area contributed by atoms with Crippen molar-refractivity contribution in [2.75, 3.05) is 26.2 Å². The number of nitrogens with one attached hydrogen (secondary N) is 13. The summed E-state index contributed by atoms with van der Waals surface area (Å²) in [6.07, 6.45) is 5.02. The smallest absolute Gasteiger partial charge is 0.326 e. The van der Waals surface area contributed by atoms with E-state index in [9.17, 15) is 38.7 Å². The largest absolute Gasteiger partial charge is 0.480 e. The molecule has 0 aliphatic heterocycles. The van der Waals surface area contributed by atoms with Crippen LogP contribution in [0.4, 0.5) is 0 Å². The number of aliphatic carboxylic acids is 1. The zero-order chi connectivity index (χ0) is 87.3. The molecule has 37 nitrogen and oxygen atoms in total. The average Bonchev–Trinajstić information content (AvgIpc) is 1.70. The first kappa shape index (κ1) is 98.3. The Morgan fingerprint density at radius 2 is 0.684 bits per heavy atom. The fourth-order valence-electron chi connectivity index (χ4n) is 13.1. The highest BCUT2D eigenvalue weighted by molar-refractivity contribution is 6.00. The lowest BCUT2D eigenvalue weighted by atomic mass is 9.95. The van der Waals surface area contributed by atoms with Crippen molar-refractivity contribution in [3.63, 3.8) is 0 Å². The molecule has 0 saturated carbocycles. The van der Waals surface area contributed by atoms with Crippen molar-refractivity contribution in [3.05, 3.63) is 72.1 Å². The Morgan fingerprint density at radius 3 is 1.06 bits per heavy atom. The van der Waals surface area contributed by atoms with E-state index < -0.39 is 161 Å². The third-order valence-corrected chi connectivity index (χ3v) is 20.3. The first-order valence-electron chi connectivity index (χ1n) is 40.6. The van der Waals surface area contributed by atoms with Gasteiger partial charge in [0.15, 0.2) is 17.9 Å². The van der Waals surface area contributed by atoms with Crippen LogP contribution in [0.2, 0.25) is 0 Å². The average molecular weight is 1640 g/mol. The zero-order valence-corrected chi connectivity index (χ0v) is 69.9. The minimum Gasteiger partial charge on any atom is -0.480 e. The molecule has 2 heterocycles. The van der Waals surface area contributed by atoms with Crippen LogP contribution in [0.25, 0.3) is 21.8 Å². The van der Waals surface area contributed by atoms with Crippen molar-refractivity contribution in [2.24, 2.45) is 96.4 Å². The van der Waals surface area contributed by atoms with Crippen LogP contribution >= 0.6 is 0 Å². The molecule has 30 N–H and O–H groups in total. The number of aliphatic imine (C=N–C) groups is 3. The lowest BCUT2D eigenvalue weighted by Gasteiger charge is -2.31. The molecule has 117 heavy (non-hydrogen) atoms. The molecule has 0 radical (unpaired) electrons. The SMILES string of the molecule is CC[C@H](C)[C@H](NC(=O)[C@H](CCCN=C(N)N)NC(=O)[C@H](Cc1c[nH]c2ccccc12)NC(=O)[C@@H](NC(=O)[C@@H](NC(=O)[C@H](CC(C)C)NC(=O)[C@H](Cc1c[nH]c2ccccc12)NC(=O)[C@H](CCCN=C(N)N)NC(=O)[C@H](CC(C)C)NC(=O)[C@@H](N)C(C)C)[C@@H](C)CC)C(C)C)C(=O)N[C@@H](CCCN=C(N)N)C(=O)N[C@@H](CCCCN)C(=O)O. The van der Waals surface area contributed by atoms with Gasteiger partial charge in [0.05, 0.1) is 6.04 Å². The lowest BCUT2D eigenvalue weighted by molar-refractivity contribution is -0.142. The van der Waals surface area contributed by atoms with Gasteiger partial charge < -0.3 is 119 Å². The summed E-state index contributed by atoms with van der Waals surface area (Å²) in [5.74, 6) is -13.2. The molecule has 0 aliphatic rings. The van der Waals surface area contributed by atoms with Gasteiger partial charge in [0, 0.05) is 66.7 Å². The lowest BCUT2D eigenvalue weighted by Crippen LogP contribution is -2.62. The maximum atomic E-state index is 15.3. The number of para-hydroxylation sites is 2. The number of carboxylic acid groups (broad SMARTS) is 1. The van der Waals surface area contributed by atoms with Gasteiger partial charge >= 0.3 is 5.97 Å². The standard InChI is InChI=1S/C80H132N24O13/c1-13-46(11)64(75(114)96-55(30-22-34-90-79(85)86)66(105)97-57(77(116)117)28-19-20-32-81)103-68(107)56(31-23-35-91-80(87)88)95-70(109)61(39-49-41-93-53-27-18-16-25-51(49)53)101-74(113)63(45(9)10)102-76(115)65(47(12)14-2)104-72(111)59(37-43(5)6)98-71(110)60(38-48-40-92-52-26-17-15-24-50(48)52)99-67(106)54(29-21-33-89-78(83)84)94-69(108)58(36-42(3)4)100-73(112)62(82)44(7)8/h15-18,24-27,40-47,54-65,92-93H,13-14,19-23,28-39,81-82H2,1-12H3,(H,94,108)(H,95,109)(H,96,114)(H,97,105)(H,98,110)(H,99,106)(H,100,112)(H,101,113)(H,102,115)(H,103,107)(H,104,111)(H,116,117)(H4,83,84,89)(H4,85,86,90)(H4,87,88,91)/t46-,47-,54-,55-,56-,57-,58-,59-,60-,61-,62-,63-,64-,65-/m0/s1. The van der Waals surface area contributed by atoms with E-state index in [1.54, 1.807) is 79.9 Å². The second-order valence-electron chi connectivity index (χ2n) is 31.6. The van der Waals surface area contributed by atoms with Crippen LogP contribution in [0, 0.1) is 35.5 Å². The fraction of sp³-hybridized carbons (Fsp3) is 0.613. The van der Waals surface area contributed by atoms with Crippen molar-refractivity contribution in [1.29, 1.82) is 0 Å². The second-order valence-corrected chi connectivity index (χ2v) is 31.6. The van der Waals surface area contributed by atoms with E-state index in [0.717, 1.165) is 10.9 Å². The van der Waals surface area contributed by atoms with Gasteiger partial charge in [-0.2, -0.15) is 0 Å². The van der Waals surface area contributed by atoms with Crippen LogP contribution in [0.1, 0.15) is 178 Å². The number of hydrogen-bond donors (Lipinski definition) is 22. The predicted octanol–water partition coefficient (Wildman–Crippen LogP) is -0.0347. The Bertz CT molecular complexity index is 4010. The Morgan fingerprint density at radius 1 is 0.376 bits per heavy atom. The number of carbonyl (C=O) groups is 12. The number of fused-ring (bicyclic) bond motifs is 2. The van der Waals surface area contributed by atoms with Crippen LogP contribution in [-0.4, -0.2) is 203 Å². The predicted molar refractivity (Wildman–Crippen MR) is 451 cm³/mol. The molecule has 0 aliphatic carbocycles. The van der Waals surface area contributed by atoms with Gasteiger partial charge in [-0.1, -0.05) is 132 Å². The number of carbonyl (C=O) groups excluding carboxylic acids is 11. The molecule has 11 amide bonds. The summed E-state index contributed by atoms with van der Waals surface area (Å²) in [4.78, 5) is 193. The fourth-order valence-corrected chi connectivity index (χ4v) is 13.1. The monoisotopic (exact) mass is 1640 g/mol. The van der Waals surface area contributed by atoms with Gasteiger partial charge in [-0.3, -0.25) is 67.7 Å². The molecule has 2 aromatic heterocycles. The van der Waals surface area contributed by atoms with E-state index in [0.29, 0.717) is 54.3 Å². The summed E-state index contributed by atoms with van der Waals surface area (Å²) >= 11 is 0. The number of benzene rings is 2. The number of aromatic nitrogens is 2. The van der Waals surface area contributed by atoms with Crippen molar-refractivity contribution < 1.29 is 62.6 Å². The molecule has 0 saturated heterocycles. The summed E-state index contributed by atoms with van der Waals surface area (Å²) in [7, 11) is 0. The molecule has 0 bridgehead atoms. The number of carboxylic acids is 1. The highest BCUT2D eigenvalue weighted by atomic mass is 16.4. The molecular formula is C80H132N24O13. The Hall–Kier alpha value is -11.1. The van der Waals surface area contributed by atoms with Gasteiger partial charge in [-0.15, -0.1) is 0 Å². The van der Waals surface area contributed by atoms with Crippen molar-refractivity contribution in [3.8, 4) is 0 Å². The highest BCUT2D eigenvalue weighted by Gasteiger charge is 2.40. The number of rotatable bonds is 53. The minimum absolute atomic E-state index is 0.00441. The molecule has 4 aromatic rings. The number of aromatic amines is 2. The normalized spacial score (nSPS) is 15.0. The molecule has 0 spiro atoms. The number of amides is 11. The molecular weight excluding hydrogens is 1510 g/mol. The van der Waals surface area contributed by atoms with Crippen LogP contribution in [-0.2, 0) is 70.4 Å². The quantitative estimate of drug-likeness (QED) is 0.0157. The summed E-state index contributed by atoms with van der Waals surface area (Å²) < 4.78 is 0. The van der Waals surface area contributed by atoms with Gasteiger partial charge in [-0.05, 0) is 136 Å². The van der Waals surface area contributed by atoms with E-state index in [1.807, 2.05) is 64.1 Å². The van der Waals surface area contributed by atoms with E-state index in [-0.39, 0.29) is 126 Å². The van der Waals surface area contributed by atoms with Crippen molar-refractivity contribution in [1.82, 2.24) is 68.5 Å². The first-order chi connectivity index (χ1) is 55.3. The summed E-state index contributed by atoms with van der Waals surface area (Å²) in [6, 6.07) is -1.38. The molecule has 0 unspecified atom stereocenters. The van der Waals surface area contributed by atoms with E-state index >= 15 is 24.0 Å². The summed E-state index contributed by atoms with van der Waals surface area (Å²) in [6.45, 7) is 21.6. The molecule has 14 atom stereocenters. The number of nitrogens with two attached hydrogens (primary N) is 8. The zero-order valence-electron chi connectivity index (χ0n) is 69.9. The molecule has 650 valence electrons. The third kappa shape index (κ3) is 33.2. The second kappa shape index (κ2) is 49.7. The minimum atomic E-state index is -1.49. The number of unbranched alkanes of at least 4 members (excludes halogenated alkanes) is 1. The van der Waals surface area contributed by atoms with Gasteiger partial charge in [-0.25, -0.2) is 4.79 Å². The Kier molecular flexibility index (Phi) is 41.8. The summed E-state index contributed by atoms with van der Waals surface area (Å²) in [5, 5.41) is 42.1. The van der Waals surface area contributed by atoms with Crippen LogP contribution < -0.4 is 104 Å². The first-order valence-corrected chi connectivity index (χ1v) is 40.6. The van der Waals surface area contributed by atoms with Crippen molar-refractivity contribution in [2.45, 2.75) is 252 Å². The number of hydrogen-bond acceptors (Lipinski definition) is 17. The van der Waals surface area contributed by atoms with Gasteiger partial charge in [0.2, 0.25) is 65.0 Å². The molecule has 0 fully saturated rings. The number of H-pyrrole nitrogens is 2. The van der Waals surface area contributed by atoms with Gasteiger partial charge in [0.1, 0.15) is 66.5 Å². The Balaban J connectivity index is 1.73. The molecule has 37 heteroatoms. The van der Waals surface area contributed by atoms with Crippen LogP contribution in [0.5, 0.6) is 0 Å². The highest BCUT2D eigenvalue weighted by Crippen LogP contribution is 2.23. The summed E-state index contributed by atoms with van der Waals surface area (Å²) in [5.41, 5.74) is 48.2. The Labute approximate surface area is 685 Å². The van der Waals surface area contributed by atoms with E-state index in [1.165, 1.54) is 0 Å². The topological polar surface area (TPSA) is 634 Å². The van der Waals surface area contributed by atoms with Crippen LogP contribution in [0.15, 0.2) is 75.9 Å². The number of guanidine groups is 3. The van der Waals surface area contributed by atoms with Crippen LogP contribution in [0.3, 0.4) is 0 Å². The van der Waals surface area contributed by atoms with Crippen molar-refractivity contribution >= 4 is 111 Å². The van der Waals surface area contributed by atoms with E-state index in [2.05, 4.69) is 83.4 Å². The maximum Gasteiger partial charge on any atom is 0.326 e.